The lowest BCUT2D eigenvalue weighted by atomic mass is 10.2. The second-order valence-electron chi connectivity index (χ2n) is 6.57. The Bertz CT molecular complexity index is 744. The largest absolute Gasteiger partial charge is 0.381 e. The van der Waals surface area contributed by atoms with Crippen LogP contribution in [0.15, 0.2) is 35.6 Å². The summed E-state index contributed by atoms with van der Waals surface area (Å²) in [7, 11) is 0. The molecule has 2 N–H and O–H groups in total. The summed E-state index contributed by atoms with van der Waals surface area (Å²) in [5.41, 5.74) is 1.31. The van der Waals surface area contributed by atoms with E-state index in [-0.39, 0.29) is 5.82 Å². The summed E-state index contributed by atoms with van der Waals surface area (Å²) in [5, 5.41) is 6.50. The van der Waals surface area contributed by atoms with Crippen molar-refractivity contribution in [3.63, 3.8) is 0 Å². The molecule has 0 amide bonds. The Morgan fingerprint density at radius 3 is 2.71 bits per heavy atom. The maximum absolute atomic E-state index is 14.5. The minimum Gasteiger partial charge on any atom is -0.381 e. The number of imidazole rings is 1. The number of halogens is 1. The maximum Gasteiger partial charge on any atom is 0.191 e. The molecule has 1 aromatic carbocycles. The van der Waals surface area contributed by atoms with E-state index in [9.17, 15) is 4.39 Å². The second kappa shape index (κ2) is 12.1. The zero-order valence-electron chi connectivity index (χ0n) is 17.2. The van der Waals surface area contributed by atoms with Crippen LogP contribution in [-0.2, 0) is 11.3 Å². The fraction of sp³-hybridized carbons (Fsp3) is 0.524. The number of aliphatic imine (C=N–C) groups is 1. The number of unbranched alkanes of at least 4 members (excludes halogenated alkanes) is 1. The first-order valence-electron chi connectivity index (χ1n) is 10.0. The highest BCUT2D eigenvalue weighted by Crippen LogP contribution is 2.17. The molecule has 0 fully saturated rings. The Morgan fingerprint density at radius 1 is 1.21 bits per heavy atom. The van der Waals surface area contributed by atoms with Crippen LogP contribution >= 0.6 is 0 Å². The lowest BCUT2D eigenvalue weighted by Gasteiger charge is -2.12. The van der Waals surface area contributed by atoms with Crippen LogP contribution in [0.3, 0.4) is 0 Å². The summed E-state index contributed by atoms with van der Waals surface area (Å²) in [4.78, 5) is 8.69. The van der Waals surface area contributed by atoms with Crippen LogP contribution < -0.4 is 10.6 Å². The molecule has 0 spiro atoms. The summed E-state index contributed by atoms with van der Waals surface area (Å²) in [5.74, 6) is 1.20. The van der Waals surface area contributed by atoms with E-state index in [1.807, 2.05) is 19.9 Å². The number of nitrogens with one attached hydrogen (secondary N) is 2. The van der Waals surface area contributed by atoms with Gasteiger partial charge in [0.1, 0.15) is 11.6 Å². The molecule has 0 aliphatic heterocycles. The highest BCUT2D eigenvalue weighted by molar-refractivity contribution is 5.79. The van der Waals surface area contributed by atoms with Gasteiger partial charge in [0.25, 0.3) is 0 Å². The molecular formula is C21H32FN5O. The van der Waals surface area contributed by atoms with Gasteiger partial charge in [-0.3, -0.25) is 0 Å². The SMILES string of the molecule is CCCCOCCCNC(=NCc1ccc(-n2ccnc2C)c(F)c1)NCC. The third-order valence-corrected chi connectivity index (χ3v) is 4.26. The third kappa shape index (κ3) is 6.96. The van der Waals surface area contributed by atoms with Crippen LogP contribution in [-0.4, -0.2) is 41.8 Å². The average Bonchev–Trinajstić information content (AvgIpc) is 3.11. The van der Waals surface area contributed by atoms with E-state index in [4.69, 9.17) is 4.74 Å². The number of guanidine groups is 1. The molecule has 154 valence electrons. The van der Waals surface area contributed by atoms with Gasteiger partial charge < -0.3 is 19.9 Å². The van der Waals surface area contributed by atoms with Gasteiger partial charge in [-0.1, -0.05) is 19.4 Å². The van der Waals surface area contributed by atoms with E-state index in [1.165, 1.54) is 6.07 Å². The molecule has 0 atom stereocenters. The molecule has 6 nitrogen and oxygen atoms in total. The number of ether oxygens (including phenoxy) is 1. The fourth-order valence-corrected chi connectivity index (χ4v) is 2.72. The zero-order valence-corrected chi connectivity index (χ0v) is 17.2. The standard InChI is InChI=1S/C21H32FN5O/c1-4-6-13-28-14-7-10-25-21(23-5-2)26-16-18-8-9-20(19(22)15-18)27-12-11-24-17(27)3/h8-9,11-12,15H,4-7,10,13-14,16H2,1-3H3,(H2,23,25,26). The van der Waals surface area contributed by atoms with Gasteiger partial charge in [0.15, 0.2) is 5.96 Å². The lowest BCUT2D eigenvalue weighted by Crippen LogP contribution is -2.38. The Hall–Kier alpha value is -2.41. The predicted molar refractivity (Wildman–Crippen MR) is 111 cm³/mol. The number of hydrogen-bond acceptors (Lipinski definition) is 3. The smallest absolute Gasteiger partial charge is 0.191 e. The minimum atomic E-state index is -0.281. The summed E-state index contributed by atoms with van der Waals surface area (Å²) in [6, 6.07) is 5.19. The van der Waals surface area contributed by atoms with Gasteiger partial charge in [-0.2, -0.15) is 0 Å². The molecule has 0 bridgehead atoms. The first kappa shape index (κ1) is 21.9. The zero-order chi connectivity index (χ0) is 20.2. The molecule has 1 aromatic heterocycles. The molecule has 2 rings (SSSR count). The van der Waals surface area contributed by atoms with Crippen LogP contribution in [0.1, 0.15) is 44.5 Å². The minimum absolute atomic E-state index is 0.281. The first-order valence-corrected chi connectivity index (χ1v) is 10.0. The molecule has 0 unspecified atom stereocenters. The Balaban J connectivity index is 1.88. The van der Waals surface area contributed by atoms with E-state index in [2.05, 4.69) is 27.5 Å². The molecule has 0 saturated carbocycles. The monoisotopic (exact) mass is 389 g/mol. The normalized spacial score (nSPS) is 11.6. The average molecular weight is 390 g/mol. The van der Waals surface area contributed by atoms with Crippen molar-refractivity contribution in [1.82, 2.24) is 20.2 Å². The fourth-order valence-electron chi connectivity index (χ4n) is 2.72. The van der Waals surface area contributed by atoms with E-state index >= 15 is 0 Å². The number of aromatic nitrogens is 2. The number of hydrogen-bond donors (Lipinski definition) is 2. The molecular weight excluding hydrogens is 357 g/mol. The molecule has 0 aliphatic rings. The van der Waals surface area contributed by atoms with Crippen molar-refractivity contribution in [2.24, 2.45) is 4.99 Å². The van der Waals surface area contributed by atoms with Crippen molar-refractivity contribution in [3.8, 4) is 5.69 Å². The highest BCUT2D eigenvalue weighted by Gasteiger charge is 2.08. The number of nitrogens with zero attached hydrogens (tertiary/aromatic N) is 3. The third-order valence-electron chi connectivity index (χ3n) is 4.26. The van der Waals surface area contributed by atoms with Gasteiger partial charge in [0, 0.05) is 38.7 Å². The van der Waals surface area contributed by atoms with Crippen LogP contribution in [0.2, 0.25) is 0 Å². The van der Waals surface area contributed by atoms with E-state index in [1.54, 1.807) is 23.0 Å². The van der Waals surface area contributed by atoms with Gasteiger partial charge in [0.05, 0.1) is 12.2 Å². The van der Waals surface area contributed by atoms with Crippen molar-refractivity contribution in [2.45, 2.75) is 46.6 Å². The molecule has 28 heavy (non-hydrogen) atoms. The van der Waals surface area contributed by atoms with Gasteiger partial charge in [-0.05, 0) is 44.4 Å². The highest BCUT2D eigenvalue weighted by atomic mass is 19.1. The van der Waals surface area contributed by atoms with Crippen molar-refractivity contribution in [3.05, 3.63) is 47.8 Å². The summed E-state index contributed by atoms with van der Waals surface area (Å²) in [6.45, 7) is 9.55. The van der Waals surface area contributed by atoms with E-state index < -0.39 is 0 Å². The van der Waals surface area contributed by atoms with Crippen LogP contribution in [0.4, 0.5) is 4.39 Å². The van der Waals surface area contributed by atoms with Crippen LogP contribution in [0, 0.1) is 12.7 Å². The number of benzene rings is 1. The Labute approximate surface area is 167 Å². The van der Waals surface area contributed by atoms with Gasteiger partial charge in [-0.15, -0.1) is 0 Å². The summed E-state index contributed by atoms with van der Waals surface area (Å²) >= 11 is 0. The molecule has 1 heterocycles. The second-order valence-corrected chi connectivity index (χ2v) is 6.57. The molecule has 0 aliphatic carbocycles. The first-order chi connectivity index (χ1) is 13.7. The number of aryl methyl sites for hydroxylation is 1. The van der Waals surface area contributed by atoms with Gasteiger partial charge >= 0.3 is 0 Å². The van der Waals surface area contributed by atoms with Crippen molar-refractivity contribution >= 4 is 5.96 Å². The van der Waals surface area contributed by atoms with Gasteiger partial charge in [-0.25, -0.2) is 14.4 Å². The van der Waals surface area contributed by atoms with Crippen LogP contribution in [0.5, 0.6) is 0 Å². The van der Waals surface area contributed by atoms with Crippen molar-refractivity contribution in [2.75, 3.05) is 26.3 Å². The predicted octanol–water partition coefficient (Wildman–Crippen LogP) is 3.58. The molecule has 2 aromatic rings. The Morgan fingerprint density at radius 2 is 2.04 bits per heavy atom. The Kier molecular flexibility index (Phi) is 9.48. The molecule has 7 heteroatoms. The van der Waals surface area contributed by atoms with Crippen molar-refractivity contribution < 1.29 is 9.13 Å². The lowest BCUT2D eigenvalue weighted by molar-refractivity contribution is 0.129. The molecule has 0 saturated heterocycles. The quantitative estimate of drug-likeness (QED) is 0.350. The number of rotatable bonds is 11. The topological polar surface area (TPSA) is 63.5 Å². The summed E-state index contributed by atoms with van der Waals surface area (Å²) in [6.07, 6.45) is 6.59. The van der Waals surface area contributed by atoms with Gasteiger partial charge in [0.2, 0.25) is 0 Å². The van der Waals surface area contributed by atoms with E-state index in [0.29, 0.717) is 12.2 Å². The van der Waals surface area contributed by atoms with Crippen molar-refractivity contribution in [1.29, 1.82) is 0 Å². The molecule has 0 radical (unpaired) electrons. The van der Waals surface area contributed by atoms with Crippen LogP contribution in [0.25, 0.3) is 5.69 Å². The summed E-state index contributed by atoms with van der Waals surface area (Å²) < 4.78 is 21.8. The maximum atomic E-state index is 14.5. The van der Waals surface area contributed by atoms with E-state index in [0.717, 1.165) is 62.9 Å².